The van der Waals surface area contributed by atoms with Crippen LogP contribution in [0.4, 0.5) is 4.79 Å². The average molecular weight is 226 g/mol. The molecule has 92 valence electrons. The number of amides is 2. The van der Waals surface area contributed by atoms with Gasteiger partial charge in [0.1, 0.15) is 0 Å². The fraction of sp³-hybridized carbons (Fsp3) is 0.909. The van der Waals surface area contributed by atoms with E-state index in [1.807, 2.05) is 0 Å². The summed E-state index contributed by atoms with van der Waals surface area (Å²) in [5, 5.41) is 12.4. The van der Waals surface area contributed by atoms with Crippen LogP contribution in [-0.2, 0) is 0 Å². The van der Waals surface area contributed by atoms with E-state index in [0.717, 1.165) is 32.7 Å². The van der Waals surface area contributed by atoms with Crippen LogP contribution in [0.25, 0.3) is 0 Å². The van der Waals surface area contributed by atoms with Crippen molar-refractivity contribution in [1.82, 2.24) is 21.3 Å². The predicted octanol–water partition coefficient (Wildman–Crippen LogP) is -0.353. The lowest BCUT2D eigenvalue weighted by Crippen LogP contribution is -2.51. The third-order valence-corrected chi connectivity index (χ3v) is 3.34. The molecule has 2 fully saturated rings. The first-order chi connectivity index (χ1) is 7.84. The topological polar surface area (TPSA) is 65.2 Å². The van der Waals surface area contributed by atoms with Crippen molar-refractivity contribution >= 4 is 6.03 Å². The van der Waals surface area contributed by atoms with Crippen LogP contribution in [0.5, 0.6) is 0 Å². The molecule has 2 aliphatic heterocycles. The van der Waals surface area contributed by atoms with Crippen molar-refractivity contribution in [3.8, 4) is 0 Å². The molecular formula is C11H22N4O. The molecule has 4 N–H and O–H groups in total. The van der Waals surface area contributed by atoms with E-state index in [9.17, 15) is 4.79 Å². The molecule has 2 saturated heterocycles. The molecule has 2 rings (SSSR count). The summed E-state index contributed by atoms with van der Waals surface area (Å²) in [5.41, 5.74) is 0. The summed E-state index contributed by atoms with van der Waals surface area (Å²) in [5.74, 6) is 0.624. The molecule has 1 unspecified atom stereocenters. The highest BCUT2D eigenvalue weighted by Crippen LogP contribution is 2.05. The van der Waals surface area contributed by atoms with Crippen molar-refractivity contribution in [3.05, 3.63) is 0 Å². The van der Waals surface area contributed by atoms with Gasteiger partial charge in [0.05, 0.1) is 0 Å². The number of urea groups is 1. The van der Waals surface area contributed by atoms with Crippen LogP contribution in [0.15, 0.2) is 0 Å². The van der Waals surface area contributed by atoms with E-state index in [-0.39, 0.29) is 6.03 Å². The number of piperidine rings is 1. The van der Waals surface area contributed by atoms with E-state index in [1.165, 1.54) is 19.3 Å². The molecule has 0 spiro atoms. The van der Waals surface area contributed by atoms with Gasteiger partial charge in [-0.25, -0.2) is 4.79 Å². The summed E-state index contributed by atoms with van der Waals surface area (Å²) in [6.45, 7) is 4.68. The standard InChI is InChI=1S/C11H22N4O/c16-11(14-7-9-5-12-6-9)15-8-10-3-1-2-4-13-10/h9-10,12-13H,1-8H2,(H2,14,15,16). The van der Waals surface area contributed by atoms with Crippen LogP contribution < -0.4 is 21.3 Å². The van der Waals surface area contributed by atoms with Crippen LogP contribution in [0.2, 0.25) is 0 Å². The number of hydrogen-bond acceptors (Lipinski definition) is 3. The second-order valence-electron chi connectivity index (χ2n) is 4.76. The Bertz CT molecular complexity index is 224. The monoisotopic (exact) mass is 226 g/mol. The van der Waals surface area contributed by atoms with Gasteiger partial charge in [-0.15, -0.1) is 0 Å². The van der Waals surface area contributed by atoms with Gasteiger partial charge in [-0.1, -0.05) is 6.42 Å². The molecule has 2 amide bonds. The minimum absolute atomic E-state index is 0.0285. The molecule has 0 saturated carbocycles. The minimum atomic E-state index is -0.0285. The Morgan fingerprint density at radius 3 is 2.62 bits per heavy atom. The summed E-state index contributed by atoms with van der Waals surface area (Å²) >= 11 is 0. The Morgan fingerprint density at radius 1 is 1.19 bits per heavy atom. The lowest BCUT2D eigenvalue weighted by atomic mass is 10.0. The van der Waals surface area contributed by atoms with Crippen molar-refractivity contribution < 1.29 is 4.79 Å². The van der Waals surface area contributed by atoms with E-state index in [4.69, 9.17) is 0 Å². The third kappa shape index (κ3) is 3.64. The molecule has 1 atom stereocenters. The Labute approximate surface area is 96.7 Å². The van der Waals surface area contributed by atoms with E-state index >= 15 is 0 Å². The predicted molar refractivity (Wildman–Crippen MR) is 63.4 cm³/mol. The van der Waals surface area contributed by atoms with Gasteiger partial charge >= 0.3 is 6.03 Å². The summed E-state index contributed by atoms with van der Waals surface area (Å²) in [6.07, 6.45) is 3.71. The fourth-order valence-corrected chi connectivity index (χ4v) is 2.11. The Hall–Kier alpha value is -0.810. The summed E-state index contributed by atoms with van der Waals surface area (Å²) in [6, 6.07) is 0.434. The normalized spacial score (nSPS) is 25.9. The van der Waals surface area contributed by atoms with Gasteiger partial charge in [-0.2, -0.15) is 0 Å². The van der Waals surface area contributed by atoms with Gasteiger partial charge in [-0.05, 0) is 19.4 Å². The smallest absolute Gasteiger partial charge is 0.314 e. The van der Waals surface area contributed by atoms with Crippen LogP contribution in [-0.4, -0.2) is 44.8 Å². The maximum atomic E-state index is 11.5. The molecule has 0 aliphatic carbocycles. The number of carbonyl (C=O) groups excluding carboxylic acids is 1. The number of carbonyl (C=O) groups is 1. The van der Waals surface area contributed by atoms with Crippen molar-refractivity contribution in [2.45, 2.75) is 25.3 Å². The number of rotatable bonds is 4. The van der Waals surface area contributed by atoms with Crippen LogP contribution in [0, 0.1) is 5.92 Å². The third-order valence-electron chi connectivity index (χ3n) is 3.34. The zero-order valence-electron chi connectivity index (χ0n) is 9.72. The van der Waals surface area contributed by atoms with Crippen molar-refractivity contribution in [2.24, 2.45) is 5.92 Å². The molecule has 2 heterocycles. The Kier molecular flexibility index (Phi) is 4.42. The van der Waals surface area contributed by atoms with Crippen molar-refractivity contribution in [2.75, 3.05) is 32.7 Å². The number of nitrogens with one attached hydrogen (secondary N) is 4. The molecule has 5 heteroatoms. The second kappa shape index (κ2) is 6.06. The van der Waals surface area contributed by atoms with Gasteiger partial charge in [0.2, 0.25) is 0 Å². The zero-order chi connectivity index (χ0) is 11.2. The Balaban J connectivity index is 1.52. The van der Waals surface area contributed by atoms with Crippen molar-refractivity contribution in [1.29, 1.82) is 0 Å². The average Bonchev–Trinajstić information content (AvgIpc) is 2.26. The summed E-state index contributed by atoms with van der Waals surface area (Å²) in [4.78, 5) is 11.5. The highest BCUT2D eigenvalue weighted by molar-refractivity contribution is 5.73. The van der Waals surface area contributed by atoms with E-state index < -0.39 is 0 Å². The van der Waals surface area contributed by atoms with Gasteiger partial charge in [-0.3, -0.25) is 0 Å². The van der Waals surface area contributed by atoms with Gasteiger partial charge < -0.3 is 21.3 Å². The van der Waals surface area contributed by atoms with Crippen LogP contribution in [0.1, 0.15) is 19.3 Å². The molecule has 16 heavy (non-hydrogen) atoms. The maximum absolute atomic E-state index is 11.5. The maximum Gasteiger partial charge on any atom is 0.314 e. The molecule has 5 nitrogen and oxygen atoms in total. The highest BCUT2D eigenvalue weighted by atomic mass is 16.2. The van der Waals surface area contributed by atoms with Crippen molar-refractivity contribution in [3.63, 3.8) is 0 Å². The fourth-order valence-electron chi connectivity index (χ4n) is 2.11. The van der Waals surface area contributed by atoms with E-state index in [0.29, 0.717) is 12.0 Å². The largest absolute Gasteiger partial charge is 0.338 e. The highest BCUT2D eigenvalue weighted by Gasteiger charge is 2.17. The SMILES string of the molecule is O=C(NCC1CNC1)NCC1CCCCN1. The Morgan fingerprint density at radius 2 is 2.00 bits per heavy atom. The molecule has 0 aromatic heterocycles. The summed E-state index contributed by atoms with van der Waals surface area (Å²) < 4.78 is 0. The van der Waals surface area contributed by atoms with Crippen LogP contribution in [0.3, 0.4) is 0 Å². The van der Waals surface area contributed by atoms with Crippen LogP contribution >= 0.6 is 0 Å². The molecule has 0 aromatic carbocycles. The van der Waals surface area contributed by atoms with E-state index in [2.05, 4.69) is 21.3 Å². The van der Waals surface area contributed by atoms with E-state index in [1.54, 1.807) is 0 Å². The molecule has 2 aliphatic rings. The summed E-state index contributed by atoms with van der Waals surface area (Å²) in [7, 11) is 0. The molecule has 0 radical (unpaired) electrons. The minimum Gasteiger partial charge on any atom is -0.338 e. The quantitative estimate of drug-likeness (QED) is 0.530. The van der Waals surface area contributed by atoms with Gasteiger partial charge in [0, 0.05) is 38.1 Å². The zero-order valence-corrected chi connectivity index (χ0v) is 9.72. The molecular weight excluding hydrogens is 204 g/mol. The van der Waals surface area contributed by atoms with Gasteiger partial charge in [0.25, 0.3) is 0 Å². The second-order valence-corrected chi connectivity index (χ2v) is 4.76. The first-order valence-electron chi connectivity index (χ1n) is 6.30. The molecule has 0 aromatic rings. The molecule has 0 bridgehead atoms. The first-order valence-corrected chi connectivity index (χ1v) is 6.30. The lowest BCUT2D eigenvalue weighted by molar-refractivity contribution is 0.233. The lowest BCUT2D eigenvalue weighted by Gasteiger charge is -2.27. The number of hydrogen-bond donors (Lipinski definition) is 4. The van der Waals surface area contributed by atoms with Gasteiger partial charge in [0.15, 0.2) is 0 Å². The first kappa shape index (κ1) is 11.7.